The monoisotopic (exact) mass is 436 g/mol. The van der Waals surface area contributed by atoms with E-state index in [0.29, 0.717) is 33.2 Å². The highest BCUT2D eigenvalue weighted by Gasteiger charge is 2.26. The summed E-state index contributed by atoms with van der Waals surface area (Å²) in [7, 11) is 1.66. The molecule has 2 amide bonds. The number of hydrogen-bond donors (Lipinski definition) is 1. The number of fused-ring (bicyclic) bond motifs is 1. The number of nitrogens with zero attached hydrogens (tertiary/aromatic N) is 3. The molecule has 0 spiro atoms. The van der Waals surface area contributed by atoms with Crippen molar-refractivity contribution in [1.82, 2.24) is 14.5 Å². The molecule has 0 aliphatic rings. The Morgan fingerprint density at radius 1 is 1.16 bits per heavy atom. The van der Waals surface area contributed by atoms with Crippen LogP contribution in [0, 0.1) is 0 Å². The second kappa shape index (κ2) is 8.65. The van der Waals surface area contributed by atoms with Gasteiger partial charge in [0.2, 0.25) is 0 Å². The molecule has 8 heteroatoms. The number of anilines is 1. The van der Waals surface area contributed by atoms with Crippen LogP contribution in [-0.4, -0.2) is 20.5 Å². The SMILES string of the molecule is CC(c1nc2ccccc2c(=O)n1C)N(Cc1ccco1)C(=O)Nc1ccc(Cl)cc1. The first-order chi connectivity index (χ1) is 14.9. The molecule has 0 saturated carbocycles. The van der Waals surface area contributed by atoms with Crippen molar-refractivity contribution in [3.05, 3.63) is 93.9 Å². The van der Waals surface area contributed by atoms with E-state index in [4.69, 9.17) is 16.0 Å². The van der Waals surface area contributed by atoms with E-state index in [0.717, 1.165) is 0 Å². The van der Waals surface area contributed by atoms with Crippen LogP contribution in [0.25, 0.3) is 10.9 Å². The van der Waals surface area contributed by atoms with E-state index >= 15 is 0 Å². The van der Waals surface area contributed by atoms with Crippen molar-refractivity contribution in [1.29, 1.82) is 0 Å². The summed E-state index contributed by atoms with van der Waals surface area (Å²) in [5.41, 5.74) is 1.03. The summed E-state index contributed by atoms with van der Waals surface area (Å²) >= 11 is 5.94. The van der Waals surface area contributed by atoms with Gasteiger partial charge in [0.15, 0.2) is 0 Å². The first-order valence-electron chi connectivity index (χ1n) is 9.75. The molecule has 0 saturated heterocycles. The van der Waals surface area contributed by atoms with Crippen LogP contribution in [0.4, 0.5) is 10.5 Å². The maximum Gasteiger partial charge on any atom is 0.322 e. The van der Waals surface area contributed by atoms with Crippen LogP contribution in [0.3, 0.4) is 0 Å². The van der Waals surface area contributed by atoms with Crippen LogP contribution in [0.5, 0.6) is 0 Å². The third kappa shape index (κ3) is 4.32. The minimum absolute atomic E-state index is 0.163. The number of carbonyl (C=O) groups is 1. The fourth-order valence-corrected chi connectivity index (χ4v) is 3.56. The predicted octanol–water partition coefficient (Wildman–Crippen LogP) is 4.98. The Morgan fingerprint density at radius 2 is 1.90 bits per heavy atom. The smallest absolute Gasteiger partial charge is 0.322 e. The summed E-state index contributed by atoms with van der Waals surface area (Å²) in [6.07, 6.45) is 1.55. The summed E-state index contributed by atoms with van der Waals surface area (Å²) in [5, 5.41) is 3.98. The number of benzene rings is 2. The van der Waals surface area contributed by atoms with E-state index in [2.05, 4.69) is 10.3 Å². The number of amides is 2. The molecular formula is C23H21ClN4O3. The molecule has 7 nitrogen and oxygen atoms in total. The lowest BCUT2D eigenvalue weighted by Crippen LogP contribution is -2.39. The summed E-state index contributed by atoms with van der Waals surface area (Å²) in [4.78, 5) is 32.3. The fraction of sp³-hybridized carbons (Fsp3) is 0.174. The molecule has 1 N–H and O–H groups in total. The molecule has 0 fully saturated rings. The maximum absolute atomic E-state index is 13.2. The average molecular weight is 437 g/mol. The van der Waals surface area contributed by atoms with Crippen LogP contribution >= 0.6 is 11.6 Å². The third-order valence-corrected chi connectivity index (χ3v) is 5.37. The topological polar surface area (TPSA) is 80.4 Å². The number of furan rings is 1. The molecule has 2 aromatic carbocycles. The van der Waals surface area contributed by atoms with Gasteiger partial charge in [-0.25, -0.2) is 9.78 Å². The Labute approximate surface area is 183 Å². The highest BCUT2D eigenvalue weighted by atomic mass is 35.5. The van der Waals surface area contributed by atoms with Crippen LogP contribution in [0.2, 0.25) is 5.02 Å². The lowest BCUT2D eigenvalue weighted by molar-refractivity contribution is 0.178. The predicted molar refractivity (Wildman–Crippen MR) is 120 cm³/mol. The second-order valence-corrected chi connectivity index (χ2v) is 7.61. The van der Waals surface area contributed by atoms with Crippen molar-refractivity contribution in [2.24, 2.45) is 7.05 Å². The van der Waals surface area contributed by atoms with E-state index in [1.54, 1.807) is 72.8 Å². The summed E-state index contributed by atoms with van der Waals surface area (Å²) in [6.45, 7) is 2.04. The summed E-state index contributed by atoms with van der Waals surface area (Å²) in [5.74, 6) is 1.09. The lowest BCUT2D eigenvalue weighted by Gasteiger charge is -2.29. The van der Waals surface area contributed by atoms with Crippen molar-refractivity contribution in [2.45, 2.75) is 19.5 Å². The molecule has 4 aromatic rings. The molecule has 2 heterocycles. The van der Waals surface area contributed by atoms with E-state index in [-0.39, 0.29) is 18.1 Å². The Kier molecular flexibility index (Phi) is 5.77. The van der Waals surface area contributed by atoms with Gasteiger partial charge in [-0.3, -0.25) is 9.36 Å². The molecule has 0 aliphatic heterocycles. The van der Waals surface area contributed by atoms with E-state index in [1.807, 2.05) is 13.0 Å². The van der Waals surface area contributed by atoms with Gasteiger partial charge in [0.1, 0.15) is 11.6 Å². The Hall–Kier alpha value is -3.58. The van der Waals surface area contributed by atoms with Gasteiger partial charge in [0, 0.05) is 17.8 Å². The van der Waals surface area contributed by atoms with Gasteiger partial charge in [-0.2, -0.15) is 0 Å². The second-order valence-electron chi connectivity index (χ2n) is 7.17. The van der Waals surface area contributed by atoms with Gasteiger partial charge >= 0.3 is 6.03 Å². The van der Waals surface area contributed by atoms with Gasteiger partial charge in [0.05, 0.1) is 29.8 Å². The van der Waals surface area contributed by atoms with Gasteiger partial charge in [-0.15, -0.1) is 0 Å². The maximum atomic E-state index is 13.2. The molecule has 1 atom stereocenters. The first kappa shape index (κ1) is 20.7. The number of urea groups is 1. The molecule has 0 radical (unpaired) electrons. The number of halogens is 1. The number of carbonyl (C=O) groups excluding carboxylic acids is 1. The van der Waals surface area contributed by atoms with Gasteiger partial charge in [-0.05, 0) is 55.5 Å². The number of hydrogen-bond acceptors (Lipinski definition) is 4. The van der Waals surface area contributed by atoms with Crippen molar-refractivity contribution >= 4 is 34.2 Å². The van der Waals surface area contributed by atoms with Crippen molar-refractivity contribution in [3.8, 4) is 0 Å². The molecule has 2 aromatic heterocycles. The van der Waals surface area contributed by atoms with E-state index < -0.39 is 6.04 Å². The number of para-hydroxylation sites is 1. The van der Waals surface area contributed by atoms with Crippen molar-refractivity contribution in [3.63, 3.8) is 0 Å². The van der Waals surface area contributed by atoms with E-state index in [1.165, 1.54) is 4.57 Å². The Balaban J connectivity index is 1.71. The minimum atomic E-state index is -0.514. The molecule has 0 bridgehead atoms. The average Bonchev–Trinajstić information content (AvgIpc) is 3.29. The number of aromatic nitrogens is 2. The molecule has 31 heavy (non-hydrogen) atoms. The summed E-state index contributed by atoms with van der Waals surface area (Å²) < 4.78 is 6.95. The van der Waals surface area contributed by atoms with Crippen molar-refractivity contribution < 1.29 is 9.21 Å². The minimum Gasteiger partial charge on any atom is -0.467 e. The van der Waals surface area contributed by atoms with Crippen LogP contribution in [0.1, 0.15) is 24.6 Å². The normalized spacial score (nSPS) is 12.0. The Morgan fingerprint density at radius 3 is 2.61 bits per heavy atom. The summed E-state index contributed by atoms with van der Waals surface area (Å²) in [6, 6.07) is 16.7. The van der Waals surface area contributed by atoms with E-state index in [9.17, 15) is 9.59 Å². The van der Waals surface area contributed by atoms with Gasteiger partial charge in [0.25, 0.3) is 5.56 Å². The molecule has 1 unspecified atom stereocenters. The van der Waals surface area contributed by atoms with Gasteiger partial charge in [-0.1, -0.05) is 23.7 Å². The molecule has 158 valence electrons. The Bertz CT molecular complexity index is 1270. The van der Waals surface area contributed by atoms with Crippen LogP contribution in [0.15, 0.2) is 76.1 Å². The quantitative estimate of drug-likeness (QED) is 0.478. The number of nitrogens with one attached hydrogen (secondary N) is 1. The molecule has 0 aliphatic carbocycles. The number of rotatable bonds is 5. The highest BCUT2D eigenvalue weighted by molar-refractivity contribution is 6.30. The molecule has 4 rings (SSSR count). The zero-order valence-electron chi connectivity index (χ0n) is 17.1. The zero-order valence-corrected chi connectivity index (χ0v) is 17.8. The first-order valence-corrected chi connectivity index (χ1v) is 10.1. The third-order valence-electron chi connectivity index (χ3n) is 5.12. The van der Waals surface area contributed by atoms with Crippen LogP contribution in [-0.2, 0) is 13.6 Å². The highest BCUT2D eigenvalue weighted by Crippen LogP contribution is 2.24. The van der Waals surface area contributed by atoms with Crippen molar-refractivity contribution in [2.75, 3.05) is 5.32 Å². The lowest BCUT2D eigenvalue weighted by atomic mass is 10.2. The van der Waals surface area contributed by atoms with Crippen LogP contribution < -0.4 is 10.9 Å². The molecular weight excluding hydrogens is 416 g/mol. The van der Waals surface area contributed by atoms with Gasteiger partial charge < -0.3 is 14.6 Å². The standard InChI is InChI=1S/C23H21ClN4O3/c1-15(21-26-20-8-4-3-7-19(20)22(29)27(21)2)28(14-18-6-5-13-31-18)23(30)25-17-11-9-16(24)10-12-17/h3-13,15H,14H2,1-2H3,(H,25,30). The fourth-order valence-electron chi connectivity index (χ4n) is 3.43. The zero-order chi connectivity index (χ0) is 22.0. The largest absolute Gasteiger partial charge is 0.467 e.